The first kappa shape index (κ1) is 21.3. The largest absolute Gasteiger partial charge is 0.404 e. The molecule has 3 N–H and O–H groups in total. The number of aliphatic imine (C=N–C) groups is 1. The number of likely N-dealkylation sites (tertiary alicyclic amines) is 1. The normalized spacial score (nSPS) is 18.5. The molecule has 1 saturated heterocycles. The third-order valence-corrected chi connectivity index (χ3v) is 6.16. The zero-order valence-corrected chi connectivity index (χ0v) is 18.2. The van der Waals surface area contributed by atoms with E-state index in [0.29, 0.717) is 6.04 Å². The first-order valence-corrected chi connectivity index (χ1v) is 11.5. The SMILES string of the molecule is NC=C(C=NC1CCC1)c1ccncc1/C=C/Nc1ccc(CN2CCCCC2)cc1. The lowest BCUT2D eigenvalue weighted by Gasteiger charge is -2.26. The van der Waals surface area contributed by atoms with E-state index < -0.39 is 0 Å². The molecule has 1 aromatic carbocycles. The van der Waals surface area contributed by atoms with Gasteiger partial charge in [-0.25, -0.2) is 0 Å². The van der Waals surface area contributed by atoms with Gasteiger partial charge in [0.15, 0.2) is 0 Å². The average Bonchev–Trinajstić information content (AvgIpc) is 2.78. The summed E-state index contributed by atoms with van der Waals surface area (Å²) in [5.41, 5.74) is 11.3. The number of pyridine rings is 1. The molecule has 162 valence electrons. The van der Waals surface area contributed by atoms with Gasteiger partial charge in [0, 0.05) is 60.4 Å². The number of allylic oxidation sites excluding steroid dienone is 1. The van der Waals surface area contributed by atoms with Crippen LogP contribution in [0, 0.1) is 0 Å². The third kappa shape index (κ3) is 6.05. The fourth-order valence-electron chi connectivity index (χ4n) is 4.04. The Kier molecular flexibility index (Phi) is 7.51. The van der Waals surface area contributed by atoms with Crippen molar-refractivity contribution >= 4 is 23.6 Å². The second kappa shape index (κ2) is 10.9. The molecule has 0 amide bonds. The molecular formula is C26H33N5. The lowest BCUT2D eigenvalue weighted by Crippen LogP contribution is -2.28. The van der Waals surface area contributed by atoms with Gasteiger partial charge in [0.2, 0.25) is 0 Å². The molecule has 1 aliphatic carbocycles. The monoisotopic (exact) mass is 415 g/mol. The molecule has 4 rings (SSSR count). The number of aromatic nitrogens is 1. The van der Waals surface area contributed by atoms with Crippen LogP contribution in [0.2, 0.25) is 0 Å². The second-order valence-corrected chi connectivity index (χ2v) is 8.46. The van der Waals surface area contributed by atoms with E-state index in [-0.39, 0.29) is 0 Å². The molecule has 0 unspecified atom stereocenters. The van der Waals surface area contributed by atoms with Gasteiger partial charge >= 0.3 is 0 Å². The van der Waals surface area contributed by atoms with Crippen molar-refractivity contribution in [1.82, 2.24) is 9.88 Å². The summed E-state index contributed by atoms with van der Waals surface area (Å²) >= 11 is 0. The Morgan fingerprint density at radius 2 is 1.90 bits per heavy atom. The van der Waals surface area contributed by atoms with E-state index in [9.17, 15) is 0 Å². The van der Waals surface area contributed by atoms with Crippen molar-refractivity contribution in [2.75, 3.05) is 18.4 Å². The van der Waals surface area contributed by atoms with Crippen molar-refractivity contribution in [3.63, 3.8) is 0 Å². The molecule has 2 aliphatic rings. The molecule has 0 spiro atoms. The molecule has 0 radical (unpaired) electrons. The molecule has 5 nitrogen and oxygen atoms in total. The van der Waals surface area contributed by atoms with E-state index >= 15 is 0 Å². The number of benzene rings is 1. The van der Waals surface area contributed by atoms with Crippen LogP contribution in [0.25, 0.3) is 11.6 Å². The lowest BCUT2D eigenvalue weighted by atomic mass is 9.94. The number of hydrogen-bond donors (Lipinski definition) is 2. The van der Waals surface area contributed by atoms with Crippen molar-refractivity contribution in [2.24, 2.45) is 10.7 Å². The number of nitrogens with zero attached hydrogens (tertiary/aromatic N) is 3. The number of hydrogen-bond acceptors (Lipinski definition) is 5. The van der Waals surface area contributed by atoms with Crippen LogP contribution in [0.15, 0.2) is 60.1 Å². The summed E-state index contributed by atoms with van der Waals surface area (Å²) in [5, 5.41) is 3.37. The van der Waals surface area contributed by atoms with Gasteiger partial charge in [-0.1, -0.05) is 18.6 Å². The van der Waals surface area contributed by atoms with Crippen LogP contribution in [0.3, 0.4) is 0 Å². The summed E-state index contributed by atoms with van der Waals surface area (Å²) in [5.74, 6) is 0. The molecule has 5 heteroatoms. The summed E-state index contributed by atoms with van der Waals surface area (Å²) in [6.07, 6.45) is 18.8. The topological polar surface area (TPSA) is 66.5 Å². The highest BCUT2D eigenvalue weighted by Crippen LogP contribution is 2.23. The maximum absolute atomic E-state index is 5.90. The summed E-state index contributed by atoms with van der Waals surface area (Å²) < 4.78 is 0. The van der Waals surface area contributed by atoms with E-state index in [2.05, 4.69) is 44.5 Å². The average molecular weight is 416 g/mol. The summed E-state index contributed by atoms with van der Waals surface area (Å²) in [7, 11) is 0. The fourth-order valence-corrected chi connectivity index (χ4v) is 4.04. The minimum Gasteiger partial charge on any atom is -0.404 e. The quantitative estimate of drug-likeness (QED) is 0.591. The highest BCUT2D eigenvalue weighted by atomic mass is 15.1. The number of anilines is 1. The smallest absolute Gasteiger partial charge is 0.0499 e. The minimum atomic E-state index is 0.454. The van der Waals surface area contributed by atoms with Gasteiger partial charge in [0.1, 0.15) is 0 Å². The van der Waals surface area contributed by atoms with Gasteiger partial charge < -0.3 is 11.1 Å². The Morgan fingerprint density at radius 1 is 1.10 bits per heavy atom. The summed E-state index contributed by atoms with van der Waals surface area (Å²) in [6, 6.07) is 11.2. The van der Waals surface area contributed by atoms with Gasteiger partial charge in [-0.2, -0.15) is 0 Å². The molecule has 1 saturated carbocycles. The minimum absolute atomic E-state index is 0.454. The Bertz CT molecular complexity index is 919. The van der Waals surface area contributed by atoms with Crippen LogP contribution < -0.4 is 11.1 Å². The van der Waals surface area contributed by atoms with E-state index in [1.54, 1.807) is 12.4 Å². The van der Waals surface area contributed by atoms with Gasteiger partial charge in [-0.3, -0.25) is 14.9 Å². The Morgan fingerprint density at radius 3 is 2.61 bits per heavy atom. The van der Waals surface area contributed by atoms with Crippen LogP contribution in [0.5, 0.6) is 0 Å². The number of piperidine rings is 1. The Balaban J connectivity index is 1.37. The molecular weight excluding hydrogens is 382 g/mol. The second-order valence-electron chi connectivity index (χ2n) is 8.46. The molecule has 2 aromatic rings. The zero-order valence-electron chi connectivity index (χ0n) is 18.2. The van der Waals surface area contributed by atoms with Crippen molar-refractivity contribution in [3.05, 3.63) is 71.8 Å². The van der Waals surface area contributed by atoms with Crippen LogP contribution in [-0.2, 0) is 6.54 Å². The predicted octanol–water partition coefficient (Wildman–Crippen LogP) is 5.07. The highest BCUT2D eigenvalue weighted by Gasteiger charge is 2.15. The van der Waals surface area contributed by atoms with E-state index in [4.69, 9.17) is 5.73 Å². The number of nitrogens with one attached hydrogen (secondary N) is 1. The molecule has 1 aliphatic heterocycles. The van der Waals surface area contributed by atoms with Crippen LogP contribution in [0.4, 0.5) is 5.69 Å². The van der Waals surface area contributed by atoms with Crippen LogP contribution in [0.1, 0.15) is 55.2 Å². The van der Waals surface area contributed by atoms with E-state index in [1.165, 1.54) is 57.2 Å². The van der Waals surface area contributed by atoms with Crippen molar-refractivity contribution in [3.8, 4) is 0 Å². The predicted molar refractivity (Wildman–Crippen MR) is 131 cm³/mol. The van der Waals surface area contributed by atoms with Gasteiger partial charge in [-0.15, -0.1) is 0 Å². The summed E-state index contributed by atoms with van der Waals surface area (Å²) in [6.45, 7) is 3.49. The molecule has 0 bridgehead atoms. The number of nitrogens with two attached hydrogens (primary N) is 1. The van der Waals surface area contributed by atoms with Gasteiger partial charge in [0.05, 0.1) is 0 Å². The van der Waals surface area contributed by atoms with E-state index in [1.807, 2.05) is 30.8 Å². The van der Waals surface area contributed by atoms with Crippen molar-refractivity contribution in [2.45, 2.75) is 51.1 Å². The van der Waals surface area contributed by atoms with Gasteiger partial charge in [0.25, 0.3) is 0 Å². The standard InChI is InChI=1S/C26H33N5/c27-17-23(19-30-24-5-4-6-24)26-12-13-28-18-22(26)11-14-29-25-9-7-21(8-10-25)20-31-15-2-1-3-16-31/h7-14,17-19,24,29H,1-6,15-16,20,27H2/b14-11+,23-17?,30-19?. The molecule has 1 aromatic heterocycles. The maximum atomic E-state index is 5.90. The van der Waals surface area contributed by atoms with Crippen molar-refractivity contribution < 1.29 is 0 Å². The first-order chi connectivity index (χ1) is 15.3. The highest BCUT2D eigenvalue weighted by molar-refractivity contribution is 6.10. The number of rotatable bonds is 8. The van der Waals surface area contributed by atoms with Crippen LogP contribution in [-0.4, -0.2) is 35.2 Å². The van der Waals surface area contributed by atoms with Crippen molar-refractivity contribution in [1.29, 1.82) is 0 Å². The zero-order chi connectivity index (χ0) is 21.3. The summed E-state index contributed by atoms with van der Waals surface area (Å²) in [4.78, 5) is 11.5. The first-order valence-electron chi connectivity index (χ1n) is 11.5. The fraction of sp³-hybridized carbons (Fsp3) is 0.385. The third-order valence-electron chi connectivity index (χ3n) is 6.16. The van der Waals surface area contributed by atoms with Crippen LogP contribution >= 0.6 is 0 Å². The lowest BCUT2D eigenvalue weighted by molar-refractivity contribution is 0.221. The molecule has 2 fully saturated rings. The Hall–Kier alpha value is -2.92. The molecule has 2 heterocycles. The maximum Gasteiger partial charge on any atom is 0.0499 e. The molecule has 31 heavy (non-hydrogen) atoms. The Labute approximate surface area is 185 Å². The molecule has 0 atom stereocenters. The van der Waals surface area contributed by atoms with Gasteiger partial charge in [-0.05, 0) is 80.6 Å². The van der Waals surface area contributed by atoms with E-state index in [0.717, 1.165) is 28.9 Å².